The predicted octanol–water partition coefficient (Wildman–Crippen LogP) is 5.38. The molecule has 8 nitrogen and oxygen atoms in total. The van der Waals surface area contributed by atoms with E-state index in [1.165, 1.54) is 19.2 Å². The monoisotopic (exact) mass is 539 g/mol. The molecular weight excluding hydrogens is 505 g/mol. The lowest BCUT2D eigenvalue weighted by Gasteiger charge is -2.23. The number of hydrogen-bond donors (Lipinski definition) is 1. The Morgan fingerprint density at radius 3 is 2.23 bits per heavy atom. The van der Waals surface area contributed by atoms with Crippen molar-refractivity contribution in [3.05, 3.63) is 89.7 Å². The molecule has 0 saturated carbocycles. The van der Waals surface area contributed by atoms with E-state index in [1.807, 2.05) is 0 Å². The first kappa shape index (κ1) is 29.4. The van der Waals surface area contributed by atoms with Gasteiger partial charge in [0.2, 0.25) is 0 Å². The number of aliphatic carboxylic acids is 1. The van der Waals surface area contributed by atoms with Gasteiger partial charge < -0.3 is 29.0 Å². The Bertz CT molecular complexity index is 1180. The van der Waals surface area contributed by atoms with Crippen LogP contribution in [0.1, 0.15) is 24.5 Å². The predicted molar refractivity (Wildman–Crippen MR) is 144 cm³/mol. The van der Waals surface area contributed by atoms with Crippen molar-refractivity contribution < 1.29 is 38.0 Å². The number of ether oxygens (including phenoxy) is 4. The van der Waals surface area contributed by atoms with E-state index in [1.54, 1.807) is 72.5 Å². The second-order valence-corrected chi connectivity index (χ2v) is 8.71. The minimum absolute atomic E-state index is 0.216. The maximum absolute atomic E-state index is 13.2. The molecule has 3 aromatic rings. The van der Waals surface area contributed by atoms with Crippen molar-refractivity contribution >= 4 is 12.1 Å². The van der Waals surface area contributed by atoms with Gasteiger partial charge in [-0.2, -0.15) is 0 Å². The first-order valence-electron chi connectivity index (χ1n) is 12.8. The fraction of sp³-hybridized carbons (Fsp3) is 0.333. The first-order chi connectivity index (χ1) is 18.9. The average Bonchev–Trinajstić information content (AvgIpc) is 2.94. The van der Waals surface area contributed by atoms with E-state index in [4.69, 9.17) is 18.9 Å². The minimum Gasteiger partial charge on any atom is -0.493 e. The van der Waals surface area contributed by atoms with Gasteiger partial charge in [-0.05, 0) is 67.3 Å². The van der Waals surface area contributed by atoms with Crippen LogP contribution in [0.4, 0.5) is 9.18 Å². The van der Waals surface area contributed by atoms with Gasteiger partial charge in [0.25, 0.3) is 0 Å². The number of carbonyl (C=O) groups is 2. The van der Waals surface area contributed by atoms with Crippen molar-refractivity contribution in [2.45, 2.75) is 32.3 Å². The Kier molecular flexibility index (Phi) is 11.6. The van der Waals surface area contributed by atoms with Crippen LogP contribution < -0.4 is 14.2 Å². The van der Waals surface area contributed by atoms with Gasteiger partial charge in [-0.15, -0.1) is 0 Å². The number of hydrogen-bond acceptors (Lipinski definition) is 6. The van der Waals surface area contributed by atoms with Crippen molar-refractivity contribution in [2.75, 3.05) is 33.4 Å². The van der Waals surface area contributed by atoms with Crippen LogP contribution in [0.2, 0.25) is 0 Å². The Balaban J connectivity index is 1.59. The smallest absolute Gasteiger partial charge is 0.415 e. The summed E-state index contributed by atoms with van der Waals surface area (Å²) in [5.74, 6) is 0.0599. The molecule has 39 heavy (non-hydrogen) atoms. The van der Waals surface area contributed by atoms with Crippen molar-refractivity contribution in [1.82, 2.24) is 4.90 Å². The summed E-state index contributed by atoms with van der Waals surface area (Å²) < 4.78 is 35.2. The standard InChI is InChI=1S/C30H34FNO7/c1-3-37-28(29(33)34)21-23-12-16-25(17-13-23)38-20-19-32(18-6-7-22-10-14-24(31)15-11-22)30(35)39-27-9-5-4-8-26(27)36-2/h4-5,8-17,28H,3,6-7,18-21H2,1-2H3,(H,33,34). The van der Waals surface area contributed by atoms with Gasteiger partial charge in [-0.25, -0.2) is 14.0 Å². The van der Waals surface area contributed by atoms with Crippen LogP contribution >= 0.6 is 0 Å². The number of methoxy groups -OCH3 is 1. The number of amides is 1. The fourth-order valence-corrected chi connectivity index (χ4v) is 3.91. The molecule has 3 rings (SSSR count). The van der Waals surface area contributed by atoms with Crippen molar-refractivity contribution in [2.24, 2.45) is 0 Å². The zero-order chi connectivity index (χ0) is 28.0. The van der Waals surface area contributed by atoms with Crippen LogP contribution in [0.15, 0.2) is 72.8 Å². The summed E-state index contributed by atoms with van der Waals surface area (Å²) in [5.41, 5.74) is 1.78. The van der Waals surface area contributed by atoms with Crippen molar-refractivity contribution in [1.29, 1.82) is 0 Å². The van der Waals surface area contributed by atoms with Crippen LogP contribution in [0.3, 0.4) is 0 Å². The highest BCUT2D eigenvalue weighted by Gasteiger charge is 2.19. The quantitative estimate of drug-likeness (QED) is 0.277. The molecule has 0 radical (unpaired) electrons. The summed E-state index contributed by atoms with van der Waals surface area (Å²) in [7, 11) is 1.50. The molecule has 208 valence electrons. The minimum atomic E-state index is -1.00. The Morgan fingerprint density at radius 1 is 0.923 bits per heavy atom. The van der Waals surface area contributed by atoms with E-state index < -0.39 is 18.2 Å². The molecule has 1 N–H and O–H groups in total. The SMILES string of the molecule is CCOC(Cc1ccc(OCCN(CCCc2ccc(F)cc2)C(=O)Oc2ccccc2OC)cc1)C(=O)O. The van der Waals surface area contributed by atoms with E-state index in [9.17, 15) is 19.1 Å². The Labute approximate surface area is 227 Å². The molecule has 0 aromatic heterocycles. The molecule has 0 aliphatic rings. The Morgan fingerprint density at radius 2 is 1.59 bits per heavy atom. The average molecular weight is 540 g/mol. The van der Waals surface area contributed by atoms with E-state index in [0.717, 1.165) is 11.1 Å². The lowest BCUT2D eigenvalue weighted by molar-refractivity contribution is -0.149. The summed E-state index contributed by atoms with van der Waals surface area (Å²) in [5, 5.41) is 9.28. The second-order valence-electron chi connectivity index (χ2n) is 8.71. The first-order valence-corrected chi connectivity index (χ1v) is 12.8. The molecule has 0 aliphatic carbocycles. The van der Waals surface area contributed by atoms with E-state index in [0.29, 0.717) is 43.2 Å². The van der Waals surface area contributed by atoms with E-state index >= 15 is 0 Å². The summed E-state index contributed by atoms with van der Waals surface area (Å²) in [6.07, 6.45) is 0.124. The number of carboxylic acids is 1. The third-order valence-electron chi connectivity index (χ3n) is 5.95. The lowest BCUT2D eigenvalue weighted by atomic mass is 10.1. The Hall–Kier alpha value is -4.11. The molecule has 1 atom stereocenters. The largest absolute Gasteiger partial charge is 0.493 e. The number of nitrogens with zero attached hydrogens (tertiary/aromatic N) is 1. The van der Waals surface area contributed by atoms with Crippen molar-refractivity contribution in [3.8, 4) is 17.2 Å². The van der Waals surface area contributed by atoms with Gasteiger partial charge >= 0.3 is 12.1 Å². The number of carboxylic acid groups (broad SMARTS) is 1. The number of rotatable bonds is 15. The third-order valence-corrected chi connectivity index (χ3v) is 5.95. The van der Waals surface area contributed by atoms with E-state index in [-0.39, 0.29) is 25.4 Å². The van der Waals surface area contributed by atoms with Gasteiger partial charge in [-0.3, -0.25) is 0 Å². The summed E-state index contributed by atoms with van der Waals surface area (Å²) >= 11 is 0. The van der Waals surface area contributed by atoms with Crippen LogP contribution in [-0.4, -0.2) is 61.6 Å². The highest BCUT2D eigenvalue weighted by Crippen LogP contribution is 2.26. The second kappa shape index (κ2) is 15.3. The molecular formula is C30H34FNO7. The molecule has 1 amide bonds. The van der Waals surface area contributed by atoms with Gasteiger partial charge in [0, 0.05) is 19.6 Å². The molecule has 0 fully saturated rings. The molecule has 0 saturated heterocycles. The maximum atomic E-state index is 13.2. The van der Waals surface area contributed by atoms with Crippen molar-refractivity contribution in [3.63, 3.8) is 0 Å². The van der Waals surface area contributed by atoms with E-state index in [2.05, 4.69) is 0 Å². The molecule has 0 aliphatic heterocycles. The van der Waals surface area contributed by atoms with Crippen LogP contribution in [0.5, 0.6) is 17.2 Å². The zero-order valence-electron chi connectivity index (χ0n) is 22.2. The zero-order valence-corrected chi connectivity index (χ0v) is 22.2. The number of carbonyl (C=O) groups excluding carboxylic acids is 1. The molecule has 3 aromatic carbocycles. The molecule has 1 unspecified atom stereocenters. The highest BCUT2D eigenvalue weighted by molar-refractivity contribution is 5.73. The highest BCUT2D eigenvalue weighted by atomic mass is 19.1. The summed E-state index contributed by atoms with van der Waals surface area (Å²) in [6.45, 7) is 2.96. The number of para-hydroxylation sites is 2. The lowest BCUT2D eigenvalue weighted by Crippen LogP contribution is -2.37. The molecule has 0 spiro atoms. The normalized spacial score (nSPS) is 11.5. The molecule has 0 bridgehead atoms. The summed E-state index contributed by atoms with van der Waals surface area (Å²) in [4.78, 5) is 25.9. The topological polar surface area (TPSA) is 94.5 Å². The van der Waals surface area contributed by atoms with Gasteiger partial charge in [0.1, 0.15) is 18.2 Å². The fourth-order valence-electron chi connectivity index (χ4n) is 3.91. The summed E-state index contributed by atoms with van der Waals surface area (Å²) in [6, 6.07) is 20.3. The van der Waals surface area contributed by atoms with Crippen LogP contribution in [0, 0.1) is 5.82 Å². The number of benzene rings is 3. The van der Waals surface area contributed by atoms with Crippen LogP contribution in [-0.2, 0) is 22.4 Å². The van der Waals surface area contributed by atoms with Gasteiger partial charge in [-0.1, -0.05) is 36.4 Å². The molecule has 0 heterocycles. The van der Waals surface area contributed by atoms with Crippen LogP contribution in [0.25, 0.3) is 0 Å². The number of halogens is 1. The van der Waals surface area contributed by atoms with Gasteiger partial charge in [0.05, 0.1) is 13.7 Å². The van der Waals surface area contributed by atoms with Gasteiger partial charge in [0.15, 0.2) is 17.6 Å². The third kappa shape index (κ3) is 9.61. The molecule has 9 heteroatoms. The number of aryl methyl sites for hydroxylation is 1. The maximum Gasteiger partial charge on any atom is 0.415 e.